The molecule has 10 heavy (non-hydrogen) atoms. The first kappa shape index (κ1) is 9.43. The van der Waals surface area contributed by atoms with Crippen molar-refractivity contribution >= 4 is 5.71 Å². The second-order valence-electron chi connectivity index (χ2n) is 2.31. The summed E-state index contributed by atoms with van der Waals surface area (Å²) in [7, 11) is 1.70. The number of nitrogens with one attached hydrogen (secondary N) is 1. The Labute approximate surface area is 62.5 Å². The SMILES string of the molecule is COCCCNN=C(C)C. The first-order valence-corrected chi connectivity index (χ1v) is 3.50. The molecule has 0 aliphatic rings. The van der Waals surface area contributed by atoms with E-state index in [0.717, 1.165) is 25.3 Å². The molecule has 60 valence electrons. The summed E-state index contributed by atoms with van der Waals surface area (Å²) in [5.41, 5.74) is 3.98. The van der Waals surface area contributed by atoms with Crippen molar-refractivity contribution in [2.45, 2.75) is 20.3 Å². The number of hydrogen-bond acceptors (Lipinski definition) is 3. The van der Waals surface area contributed by atoms with Crippen LogP contribution in [-0.2, 0) is 4.74 Å². The van der Waals surface area contributed by atoms with Crippen LogP contribution in [0.5, 0.6) is 0 Å². The van der Waals surface area contributed by atoms with E-state index >= 15 is 0 Å². The lowest BCUT2D eigenvalue weighted by atomic mass is 10.5. The zero-order valence-corrected chi connectivity index (χ0v) is 6.98. The molecule has 1 N–H and O–H groups in total. The summed E-state index contributed by atoms with van der Waals surface area (Å²) in [5, 5.41) is 4.01. The van der Waals surface area contributed by atoms with Crippen LogP contribution in [0.4, 0.5) is 0 Å². The predicted molar refractivity (Wildman–Crippen MR) is 43.3 cm³/mol. The highest BCUT2D eigenvalue weighted by Crippen LogP contribution is 1.77. The lowest BCUT2D eigenvalue weighted by Crippen LogP contribution is -2.10. The van der Waals surface area contributed by atoms with E-state index in [-0.39, 0.29) is 0 Å². The second kappa shape index (κ2) is 6.55. The van der Waals surface area contributed by atoms with Gasteiger partial charge >= 0.3 is 0 Å². The molecule has 0 rings (SSSR count). The van der Waals surface area contributed by atoms with E-state index in [1.807, 2.05) is 13.8 Å². The normalized spacial score (nSPS) is 9.10. The zero-order chi connectivity index (χ0) is 7.82. The Morgan fingerprint density at radius 2 is 2.20 bits per heavy atom. The second-order valence-corrected chi connectivity index (χ2v) is 2.31. The van der Waals surface area contributed by atoms with E-state index < -0.39 is 0 Å². The quantitative estimate of drug-likeness (QED) is 0.355. The lowest BCUT2D eigenvalue weighted by molar-refractivity contribution is 0.194. The predicted octanol–water partition coefficient (Wildman–Crippen LogP) is 1.01. The van der Waals surface area contributed by atoms with Gasteiger partial charge in [0.1, 0.15) is 0 Å². The zero-order valence-electron chi connectivity index (χ0n) is 6.98. The van der Waals surface area contributed by atoms with Crippen molar-refractivity contribution in [2.24, 2.45) is 5.10 Å². The topological polar surface area (TPSA) is 33.6 Å². The van der Waals surface area contributed by atoms with Crippen molar-refractivity contribution in [3.8, 4) is 0 Å². The fourth-order valence-electron chi connectivity index (χ4n) is 0.510. The number of ether oxygens (including phenoxy) is 1. The molecule has 3 nitrogen and oxygen atoms in total. The Hall–Kier alpha value is -0.570. The van der Waals surface area contributed by atoms with Crippen LogP contribution in [0.15, 0.2) is 5.10 Å². The summed E-state index contributed by atoms with van der Waals surface area (Å²) in [6, 6.07) is 0. The van der Waals surface area contributed by atoms with Crippen molar-refractivity contribution in [3.05, 3.63) is 0 Å². The van der Waals surface area contributed by atoms with E-state index in [1.165, 1.54) is 0 Å². The smallest absolute Gasteiger partial charge is 0.0479 e. The molecule has 0 aromatic heterocycles. The number of methoxy groups -OCH3 is 1. The van der Waals surface area contributed by atoms with Gasteiger partial charge in [0.25, 0.3) is 0 Å². The van der Waals surface area contributed by atoms with Crippen molar-refractivity contribution in [2.75, 3.05) is 20.3 Å². The van der Waals surface area contributed by atoms with E-state index in [4.69, 9.17) is 4.74 Å². The molecule has 0 aromatic rings. The van der Waals surface area contributed by atoms with Crippen LogP contribution in [0, 0.1) is 0 Å². The third-order valence-corrected chi connectivity index (χ3v) is 0.940. The fourth-order valence-corrected chi connectivity index (χ4v) is 0.510. The standard InChI is InChI=1S/C7H16N2O/c1-7(2)9-8-5-4-6-10-3/h8H,4-6H2,1-3H3. The van der Waals surface area contributed by atoms with Crippen molar-refractivity contribution in [3.63, 3.8) is 0 Å². The summed E-state index contributed by atoms with van der Waals surface area (Å²) < 4.78 is 4.86. The maximum Gasteiger partial charge on any atom is 0.0479 e. The van der Waals surface area contributed by atoms with Gasteiger partial charge in [0.05, 0.1) is 0 Å². The number of rotatable bonds is 5. The van der Waals surface area contributed by atoms with Gasteiger partial charge in [0, 0.05) is 26.0 Å². The van der Waals surface area contributed by atoms with Crippen LogP contribution in [-0.4, -0.2) is 26.0 Å². The molecular formula is C7H16N2O. The molecule has 0 saturated heterocycles. The summed E-state index contributed by atoms with van der Waals surface area (Å²) in [5.74, 6) is 0. The van der Waals surface area contributed by atoms with Crippen LogP contribution in [0.3, 0.4) is 0 Å². The Bertz CT molecular complexity index is 97.8. The summed E-state index contributed by atoms with van der Waals surface area (Å²) in [6.45, 7) is 5.61. The highest BCUT2D eigenvalue weighted by molar-refractivity contribution is 5.78. The van der Waals surface area contributed by atoms with Gasteiger partial charge in [-0.2, -0.15) is 5.10 Å². The molecule has 0 aliphatic carbocycles. The summed E-state index contributed by atoms with van der Waals surface area (Å²) >= 11 is 0. The molecule has 0 heterocycles. The largest absolute Gasteiger partial charge is 0.385 e. The van der Waals surface area contributed by atoms with Crippen LogP contribution >= 0.6 is 0 Å². The number of hydrogen-bond donors (Lipinski definition) is 1. The lowest BCUT2D eigenvalue weighted by Gasteiger charge is -1.99. The van der Waals surface area contributed by atoms with E-state index in [9.17, 15) is 0 Å². The molecule has 0 saturated carbocycles. The van der Waals surface area contributed by atoms with Crippen LogP contribution in [0.2, 0.25) is 0 Å². The molecule has 0 aromatic carbocycles. The average molecular weight is 144 g/mol. The van der Waals surface area contributed by atoms with E-state index in [1.54, 1.807) is 7.11 Å². The first-order valence-electron chi connectivity index (χ1n) is 3.50. The Morgan fingerprint density at radius 3 is 2.70 bits per heavy atom. The van der Waals surface area contributed by atoms with Gasteiger partial charge in [-0.15, -0.1) is 0 Å². The Morgan fingerprint density at radius 1 is 1.50 bits per heavy atom. The highest BCUT2D eigenvalue weighted by Gasteiger charge is 1.82. The maximum atomic E-state index is 4.86. The molecule has 0 amide bonds. The van der Waals surface area contributed by atoms with Gasteiger partial charge in [-0.1, -0.05) is 0 Å². The maximum absolute atomic E-state index is 4.86. The fraction of sp³-hybridized carbons (Fsp3) is 0.857. The Balaban J connectivity index is 2.98. The molecule has 0 fully saturated rings. The van der Waals surface area contributed by atoms with Crippen LogP contribution in [0.25, 0.3) is 0 Å². The van der Waals surface area contributed by atoms with Gasteiger partial charge in [-0.3, -0.25) is 0 Å². The van der Waals surface area contributed by atoms with Gasteiger partial charge in [0.15, 0.2) is 0 Å². The monoisotopic (exact) mass is 144 g/mol. The van der Waals surface area contributed by atoms with Gasteiger partial charge < -0.3 is 10.2 Å². The van der Waals surface area contributed by atoms with Crippen LogP contribution < -0.4 is 5.43 Å². The average Bonchev–Trinajstić information content (AvgIpc) is 1.87. The van der Waals surface area contributed by atoms with Gasteiger partial charge in [-0.05, 0) is 20.3 Å². The van der Waals surface area contributed by atoms with E-state index in [0.29, 0.717) is 0 Å². The summed E-state index contributed by atoms with van der Waals surface area (Å²) in [6.07, 6.45) is 1.01. The van der Waals surface area contributed by atoms with Crippen LogP contribution in [0.1, 0.15) is 20.3 Å². The van der Waals surface area contributed by atoms with Gasteiger partial charge in [-0.25, -0.2) is 0 Å². The first-order chi connectivity index (χ1) is 4.77. The molecular weight excluding hydrogens is 128 g/mol. The van der Waals surface area contributed by atoms with Crippen molar-refractivity contribution in [1.29, 1.82) is 0 Å². The molecule has 0 aliphatic heterocycles. The molecule has 0 atom stereocenters. The third kappa shape index (κ3) is 7.43. The highest BCUT2D eigenvalue weighted by atomic mass is 16.5. The number of hydrazone groups is 1. The molecule has 0 unspecified atom stereocenters. The molecule has 0 radical (unpaired) electrons. The molecule has 0 bridgehead atoms. The Kier molecular flexibility index (Phi) is 6.18. The minimum Gasteiger partial charge on any atom is -0.385 e. The van der Waals surface area contributed by atoms with E-state index in [2.05, 4.69) is 10.5 Å². The van der Waals surface area contributed by atoms with Crippen molar-refractivity contribution < 1.29 is 4.74 Å². The van der Waals surface area contributed by atoms with Crippen molar-refractivity contribution in [1.82, 2.24) is 5.43 Å². The molecule has 3 heteroatoms. The van der Waals surface area contributed by atoms with Gasteiger partial charge in [0.2, 0.25) is 0 Å². The molecule has 0 spiro atoms. The minimum atomic E-state index is 0.797. The summed E-state index contributed by atoms with van der Waals surface area (Å²) in [4.78, 5) is 0. The number of nitrogens with zero attached hydrogens (tertiary/aromatic N) is 1. The minimum absolute atomic E-state index is 0.797. The third-order valence-electron chi connectivity index (χ3n) is 0.940.